The Morgan fingerprint density at radius 2 is 2.06 bits per heavy atom. The molecular formula is C22H22F3N3O3S. The molecule has 0 radical (unpaired) electrons. The van der Waals surface area contributed by atoms with Gasteiger partial charge in [-0.1, -0.05) is 0 Å². The van der Waals surface area contributed by atoms with Gasteiger partial charge in [-0.3, -0.25) is 14.3 Å². The molecule has 2 aliphatic carbocycles. The van der Waals surface area contributed by atoms with Crippen molar-refractivity contribution in [3.8, 4) is 16.2 Å². The lowest BCUT2D eigenvalue weighted by atomic mass is 9.88. The van der Waals surface area contributed by atoms with Crippen LogP contribution >= 0.6 is 11.3 Å². The molecule has 0 aliphatic heterocycles. The quantitative estimate of drug-likeness (QED) is 0.598. The number of methoxy groups -OCH3 is 1. The lowest BCUT2D eigenvalue weighted by molar-refractivity contribution is 0.148. The number of benzene rings is 1. The van der Waals surface area contributed by atoms with Crippen LogP contribution in [-0.4, -0.2) is 23.2 Å². The molecule has 3 N–H and O–H groups in total. The molecule has 6 nitrogen and oxygen atoms in total. The summed E-state index contributed by atoms with van der Waals surface area (Å²) in [6.45, 7) is 0.546. The largest absolute Gasteiger partial charge is 0.494 e. The van der Waals surface area contributed by atoms with Gasteiger partial charge in [0.1, 0.15) is 11.3 Å². The number of aryl methyl sites for hydroxylation is 1. The predicted molar refractivity (Wildman–Crippen MR) is 116 cm³/mol. The highest BCUT2D eigenvalue weighted by molar-refractivity contribution is 7.15. The Morgan fingerprint density at radius 3 is 2.69 bits per heavy atom. The first kappa shape index (κ1) is 21.3. The van der Waals surface area contributed by atoms with Crippen molar-refractivity contribution in [2.45, 2.75) is 44.6 Å². The molecule has 0 bridgehead atoms. The van der Waals surface area contributed by atoms with Gasteiger partial charge < -0.3 is 10.5 Å². The number of alkyl halides is 2. The SMILES string of the molecule is COc1c(-c2cc3c(s2)CCC(CN)C3)c(F)c(C(F)F)c2c(=O)[nH]c(=O)n(C3CC3)c12. The second-order valence-corrected chi connectivity index (χ2v) is 9.56. The van der Waals surface area contributed by atoms with Crippen molar-refractivity contribution in [2.75, 3.05) is 13.7 Å². The van der Waals surface area contributed by atoms with Gasteiger partial charge in [0.25, 0.3) is 12.0 Å². The highest BCUT2D eigenvalue weighted by Gasteiger charge is 2.35. The third kappa shape index (κ3) is 3.19. The number of nitrogens with one attached hydrogen (secondary N) is 1. The summed E-state index contributed by atoms with van der Waals surface area (Å²) in [4.78, 5) is 28.8. The zero-order valence-corrected chi connectivity index (χ0v) is 18.2. The number of ether oxygens (including phenoxy) is 1. The van der Waals surface area contributed by atoms with Gasteiger partial charge >= 0.3 is 5.69 Å². The van der Waals surface area contributed by atoms with E-state index >= 15 is 4.39 Å². The number of halogens is 3. The fourth-order valence-corrected chi connectivity index (χ4v) is 5.96. The number of hydrogen-bond acceptors (Lipinski definition) is 5. The van der Waals surface area contributed by atoms with Gasteiger partial charge in [-0.15, -0.1) is 11.3 Å². The maximum absolute atomic E-state index is 15.7. The highest BCUT2D eigenvalue weighted by Crippen LogP contribution is 2.48. The van der Waals surface area contributed by atoms with Crippen molar-refractivity contribution in [1.82, 2.24) is 9.55 Å². The van der Waals surface area contributed by atoms with Crippen LogP contribution in [0.4, 0.5) is 13.2 Å². The number of nitrogens with two attached hydrogens (primary N) is 1. The average Bonchev–Trinajstić information content (AvgIpc) is 3.50. The minimum atomic E-state index is -3.25. The zero-order valence-electron chi connectivity index (χ0n) is 17.3. The van der Waals surface area contributed by atoms with Crippen molar-refractivity contribution in [3.05, 3.63) is 48.7 Å². The Hall–Kier alpha value is -2.59. The lowest BCUT2D eigenvalue weighted by Gasteiger charge is -2.19. The molecule has 32 heavy (non-hydrogen) atoms. The molecule has 2 aliphatic rings. The smallest absolute Gasteiger partial charge is 0.329 e. The fourth-order valence-electron chi connectivity index (χ4n) is 4.71. The maximum atomic E-state index is 15.7. The van der Waals surface area contributed by atoms with Gasteiger partial charge in [0, 0.05) is 15.8 Å². The minimum absolute atomic E-state index is 0.0639. The molecule has 170 valence electrons. The van der Waals surface area contributed by atoms with E-state index in [1.54, 1.807) is 6.07 Å². The number of aromatic amines is 1. The zero-order chi connectivity index (χ0) is 22.7. The van der Waals surface area contributed by atoms with Crippen LogP contribution in [0.5, 0.6) is 5.75 Å². The van der Waals surface area contributed by atoms with Gasteiger partial charge in [0.15, 0.2) is 5.75 Å². The number of fused-ring (bicyclic) bond motifs is 2. The summed E-state index contributed by atoms with van der Waals surface area (Å²) in [6, 6.07) is 1.55. The van der Waals surface area contributed by atoms with E-state index in [1.807, 2.05) is 0 Å². The van der Waals surface area contributed by atoms with Crippen molar-refractivity contribution < 1.29 is 17.9 Å². The Balaban J connectivity index is 1.88. The summed E-state index contributed by atoms with van der Waals surface area (Å²) in [5.74, 6) is -0.931. The van der Waals surface area contributed by atoms with Crippen LogP contribution < -0.4 is 21.7 Å². The number of hydrogen-bond donors (Lipinski definition) is 2. The molecule has 10 heteroatoms. The topological polar surface area (TPSA) is 90.1 Å². The monoisotopic (exact) mass is 465 g/mol. The summed E-state index contributed by atoms with van der Waals surface area (Å²) in [5, 5.41) is -0.533. The highest BCUT2D eigenvalue weighted by atomic mass is 32.1. The van der Waals surface area contributed by atoms with E-state index < -0.39 is 34.4 Å². The summed E-state index contributed by atoms with van der Waals surface area (Å²) < 4.78 is 50.7. The van der Waals surface area contributed by atoms with E-state index in [9.17, 15) is 18.4 Å². The standard InChI is InChI=1S/C22H22F3N3O3S/c1-31-19-14(13-7-10-6-9(8-26)2-5-12(10)32-13)17(23)15(20(24)25)16-18(19)28(11-3-4-11)22(30)27-21(16)29/h7,9,11,20H,2-6,8,26H2,1H3,(H,27,29,30). The number of nitrogens with zero attached hydrogens (tertiary/aromatic N) is 1. The summed E-state index contributed by atoms with van der Waals surface area (Å²) in [5.41, 5.74) is 3.89. The second-order valence-electron chi connectivity index (χ2n) is 8.42. The summed E-state index contributed by atoms with van der Waals surface area (Å²) in [6.07, 6.45) is 0.523. The van der Waals surface area contributed by atoms with Gasteiger partial charge in [0.05, 0.1) is 23.6 Å². The first-order valence-corrected chi connectivity index (χ1v) is 11.3. The normalized spacial score (nSPS) is 18.4. The van der Waals surface area contributed by atoms with Gasteiger partial charge in [-0.2, -0.15) is 0 Å². The minimum Gasteiger partial charge on any atom is -0.494 e. The van der Waals surface area contributed by atoms with Gasteiger partial charge in [-0.05, 0) is 56.2 Å². The molecule has 1 unspecified atom stereocenters. The fraction of sp³-hybridized carbons (Fsp3) is 0.455. The number of H-pyrrole nitrogens is 1. The Morgan fingerprint density at radius 1 is 1.31 bits per heavy atom. The maximum Gasteiger partial charge on any atom is 0.329 e. The second kappa shape index (κ2) is 7.77. The van der Waals surface area contributed by atoms with Crippen LogP contribution in [0.2, 0.25) is 0 Å². The van der Waals surface area contributed by atoms with E-state index in [1.165, 1.54) is 23.0 Å². The van der Waals surface area contributed by atoms with Crippen molar-refractivity contribution in [3.63, 3.8) is 0 Å². The van der Waals surface area contributed by atoms with E-state index in [4.69, 9.17) is 10.5 Å². The number of aromatic nitrogens is 2. The van der Waals surface area contributed by atoms with Crippen molar-refractivity contribution >= 4 is 22.2 Å². The van der Waals surface area contributed by atoms with Gasteiger partial charge in [0.2, 0.25) is 0 Å². The summed E-state index contributed by atoms with van der Waals surface area (Å²) in [7, 11) is 1.29. The van der Waals surface area contributed by atoms with Gasteiger partial charge in [-0.25, -0.2) is 18.0 Å². The molecule has 2 heterocycles. The van der Waals surface area contributed by atoms with Crippen LogP contribution in [0.3, 0.4) is 0 Å². The Labute approximate surface area is 184 Å². The van der Waals surface area contributed by atoms with E-state index in [2.05, 4.69) is 4.98 Å². The molecule has 0 spiro atoms. The van der Waals surface area contributed by atoms with Crippen molar-refractivity contribution in [2.24, 2.45) is 11.7 Å². The van der Waals surface area contributed by atoms with Crippen LogP contribution in [0.15, 0.2) is 15.7 Å². The van der Waals surface area contributed by atoms with Crippen LogP contribution in [0, 0.1) is 11.7 Å². The Bertz CT molecular complexity index is 1340. The molecule has 0 amide bonds. The van der Waals surface area contributed by atoms with Crippen LogP contribution in [0.25, 0.3) is 21.3 Å². The first-order valence-electron chi connectivity index (χ1n) is 10.5. The summed E-state index contributed by atoms with van der Waals surface area (Å²) >= 11 is 1.33. The van der Waals surface area contributed by atoms with Crippen molar-refractivity contribution in [1.29, 1.82) is 0 Å². The van der Waals surface area contributed by atoms with Crippen LogP contribution in [-0.2, 0) is 12.8 Å². The average molecular weight is 465 g/mol. The third-order valence-electron chi connectivity index (χ3n) is 6.41. The molecule has 1 atom stereocenters. The van der Waals surface area contributed by atoms with Crippen LogP contribution in [0.1, 0.15) is 47.7 Å². The number of rotatable bonds is 5. The molecule has 5 rings (SSSR count). The molecule has 1 fully saturated rings. The molecule has 3 aromatic rings. The molecular weight excluding hydrogens is 443 g/mol. The van der Waals surface area contributed by atoms with E-state index in [-0.39, 0.29) is 22.9 Å². The van der Waals surface area contributed by atoms with E-state index in [0.717, 1.165) is 29.7 Å². The Kier molecular flexibility index (Phi) is 5.16. The number of thiophene rings is 1. The molecule has 1 aromatic carbocycles. The lowest BCUT2D eigenvalue weighted by Crippen LogP contribution is -2.31. The predicted octanol–water partition coefficient (Wildman–Crippen LogP) is 3.90. The molecule has 1 saturated carbocycles. The third-order valence-corrected chi connectivity index (χ3v) is 7.67. The first-order chi connectivity index (χ1) is 15.3. The molecule has 0 saturated heterocycles. The molecule has 2 aromatic heterocycles. The van der Waals surface area contributed by atoms with E-state index in [0.29, 0.717) is 30.2 Å².